The lowest BCUT2D eigenvalue weighted by molar-refractivity contribution is -0.121. The quantitative estimate of drug-likeness (QED) is 0.771. The Bertz CT molecular complexity index is 414. The minimum atomic E-state index is 0.0686. The second-order valence-electron chi connectivity index (χ2n) is 4.25. The molecule has 0 spiro atoms. The first kappa shape index (κ1) is 11.9. The highest BCUT2D eigenvalue weighted by atomic mass is 16.1. The summed E-state index contributed by atoms with van der Waals surface area (Å²) in [4.78, 5) is 11.7. The molecule has 3 heteroatoms. The first-order valence-corrected chi connectivity index (χ1v) is 6.00. The lowest BCUT2D eigenvalue weighted by atomic mass is 9.92. The van der Waals surface area contributed by atoms with Crippen molar-refractivity contribution in [3.8, 4) is 0 Å². The molecule has 0 fully saturated rings. The van der Waals surface area contributed by atoms with Crippen LogP contribution in [0.4, 0.5) is 0 Å². The molecule has 2 N–H and O–H groups in total. The summed E-state index contributed by atoms with van der Waals surface area (Å²) in [6.07, 6.45) is 3.23. The van der Waals surface area contributed by atoms with Crippen molar-refractivity contribution >= 4 is 5.91 Å². The van der Waals surface area contributed by atoms with Gasteiger partial charge >= 0.3 is 0 Å². The Morgan fingerprint density at radius 1 is 1.53 bits per heavy atom. The van der Waals surface area contributed by atoms with E-state index >= 15 is 0 Å². The number of amides is 1. The van der Waals surface area contributed by atoms with Gasteiger partial charge in [0.15, 0.2) is 0 Å². The second-order valence-corrected chi connectivity index (χ2v) is 4.25. The average molecular weight is 230 g/mol. The van der Waals surface area contributed by atoms with Gasteiger partial charge in [-0.15, -0.1) is 6.58 Å². The fourth-order valence-corrected chi connectivity index (χ4v) is 2.22. The molecule has 2 rings (SSSR count). The van der Waals surface area contributed by atoms with Gasteiger partial charge in [0.1, 0.15) is 0 Å². The van der Waals surface area contributed by atoms with Crippen molar-refractivity contribution in [2.45, 2.75) is 18.9 Å². The van der Waals surface area contributed by atoms with E-state index in [0.717, 1.165) is 13.0 Å². The summed E-state index contributed by atoms with van der Waals surface area (Å²) < 4.78 is 0. The second kappa shape index (κ2) is 5.64. The molecule has 0 saturated heterocycles. The average Bonchev–Trinajstić information content (AvgIpc) is 2.37. The van der Waals surface area contributed by atoms with E-state index in [0.29, 0.717) is 13.0 Å². The number of benzene rings is 1. The van der Waals surface area contributed by atoms with Gasteiger partial charge in [-0.3, -0.25) is 4.79 Å². The van der Waals surface area contributed by atoms with Gasteiger partial charge in [-0.05, 0) is 24.1 Å². The number of fused-ring (bicyclic) bond motifs is 1. The molecule has 1 heterocycles. The van der Waals surface area contributed by atoms with Crippen LogP contribution in [-0.2, 0) is 11.2 Å². The third kappa shape index (κ3) is 2.94. The molecule has 1 aromatic rings. The van der Waals surface area contributed by atoms with Crippen molar-refractivity contribution in [2.75, 3.05) is 13.1 Å². The molecule has 0 radical (unpaired) electrons. The zero-order chi connectivity index (χ0) is 12.1. The minimum Gasteiger partial charge on any atom is -0.353 e. The smallest absolute Gasteiger partial charge is 0.222 e. The number of rotatable bonds is 4. The minimum absolute atomic E-state index is 0.0686. The van der Waals surface area contributed by atoms with Gasteiger partial charge in [0, 0.05) is 19.0 Å². The van der Waals surface area contributed by atoms with Crippen LogP contribution in [0.5, 0.6) is 0 Å². The Morgan fingerprint density at radius 3 is 3.18 bits per heavy atom. The molecular weight excluding hydrogens is 212 g/mol. The fraction of sp³-hybridized carbons (Fsp3) is 0.357. The molecule has 1 amide bonds. The lowest BCUT2D eigenvalue weighted by Crippen LogP contribution is -2.34. The predicted octanol–water partition coefficient (Wildman–Crippen LogP) is 1.57. The van der Waals surface area contributed by atoms with Crippen molar-refractivity contribution in [1.82, 2.24) is 10.6 Å². The molecule has 17 heavy (non-hydrogen) atoms. The molecule has 1 aliphatic rings. The molecule has 0 saturated carbocycles. The van der Waals surface area contributed by atoms with Crippen LogP contribution in [0.15, 0.2) is 36.9 Å². The van der Waals surface area contributed by atoms with E-state index in [1.165, 1.54) is 11.1 Å². The first-order valence-electron chi connectivity index (χ1n) is 6.00. The standard InChI is InChI=1S/C14H18N2O/c1-2-8-16-14(17)10-13-12-6-4-3-5-11(12)7-9-15-13/h2-6,13,15H,1,7-10H2,(H,16,17). The molecule has 1 unspecified atom stereocenters. The Morgan fingerprint density at radius 2 is 2.35 bits per heavy atom. The van der Waals surface area contributed by atoms with Crippen molar-refractivity contribution < 1.29 is 4.79 Å². The molecular formula is C14H18N2O. The molecule has 0 aliphatic carbocycles. The van der Waals surface area contributed by atoms with Gasteiger partial charge in [0.2, 0.25) is 5.91 Å². The molecule has 0 aromatic heterocycles. The number of carbonyl (C=O) groups is 1. The Labute approximate surface area is 102 Å². The maximum atomic E-state index is 11.7. The monoisotopic (exact) mass is 230 g/mol. The van der Waals surface area contributed by atoms with E-state index in [1.807, 2.05) is 6.07 Å². The Balaban J connectivity index is 2.03. The largest absolute Gasteiger partial charge is 0.353 e. The third-order valence-electron chi connectivity index (χ3n) is 3.05. The highest BCUT2D eigenvalue weighted by molar-refractivity contribution is 5.77. The van der Waals surface area contributed by atoms with Crippen LogP contribution in [0, 0.1) is 0 Å². The van der Waals surface area contributed by atoms with E-state index in [9.17, 15) is 4.79 Å². The molecule has 3 nitrogen and oxygen atoms in total. The van der Waals surface area contributed by atoms with E-state index in [2.05, 4.69) is 35.4 Å². The lowest BCUT2D eigenvalue weighted by Gasteiger charge is -2.26. The molecule has 1 atom stereocenters. The van der Waals surface area contributed by atoms with E-state index in [4.69, 9.17) is 0 Å². The fourth-order valence-electron chi connectivity index (χ4n) is 2.22. The van der Waals surface area contributed by atoms with Crippen molar-refractivity contribution in [1.29, 1.82) is 0 Å². The Hall–Kier alpha value is -1.61. The maximum absolute atomic E-state index is 11.7. The summed E-state index contributed by atoms with van der Waals surface area (Å²) in [5.41, 5.74) is 2.61. The number of nitrogens with one attached hydrogen (secondary N) is 2. The van der Waals surface area contributed by atoms with Crippen LogP contribution in [0.3, 0.4) is 0 Å². The van der Waals surface area contributed by atoms with Crippen molar-refractivity contribution in [2.24, 2.45) is 0 Å². The van der Waals surface area contributed by atoms with Gasteiger partial charge in [-0.2, -0.15) is 0 Å². The highest BCUT2D eigenvalue weighted by Crippen LogP contribution is 2.24. The van der Waals surface area contributed by atoms with Gasteiger partial charge in [-0.25, -0.2) is 0 Å². The summed E-state index contributed by atoms with van der Waals surface area (Å²) in [5, 5.41) is 6.21. The molecule has 90 valence electrons. The van der Waals surface area contributed by atoms with Gasteiger partial charge in [0.25, 0.3) is 0 Å². The SMILES string of the molecule is C=CCNC(=O)CC1NCCc2ccccc21. The van der Waals surface area contributed by atoms with Gasteiger partial charge in [-0.1, -0.05) is 30.3 Å². The summed E-state index contributed by atoms with van der Waals surface area (Å²) in [7, 11) is 0. The van der Waals surface area contributed by atoms with E-state index < -0.39 is 0 Å². The van der Waals surface area contributed by atoms with Crippen LogP contribution in [0.2, 0.25) is 0 Å². The van der Waals surface area contributed by atoms with Crippen LogP contribution >= 0.6 is 0 Å². The summed E-state index contributed by atoms with van der Waals surface area (Å²) in [5.74, 6) is 0.0686. The normalized spacial score (nSPS) is 18.2. The summed E-state index contributed by atoms with van der Waals surface area (Å²) in [6.45, 7) is 5.06. The Kier molecular flexibility index (Phi) is 3.94. The highest BCUT2D eigenvalue weighted by Gasteiger charge is 2.21. The van der Waals surface area contributed by atoms with Crippen LogP contribution in [0.1, 0.15) is 23.6 Å². The van der Waals surface area contributed by atoms with Crippen LogP contribution in [-0.4, -0.2) is 19.0 Å². The number of hydrogen-bond donors (Lipinski definition) is 2. The summed E-state index contributed by atoms with van der Waals surface area (Å²) in [6, 6.07) is 8.47. The number of carbonyl (C=O) groups excluding carboxylic acids is 1. The van der Waals surface area contributed by atoms with Crippen molar-refractivity contribution in [3.63, 3.8) is 0 Å². The predicted molar refractivity (Wildman–Crippen MR) is 68.7 cm³/mol. The van der Waals surface area contributed by atoms with Crippen LogP contribution < -0.4 is 10.6 Å². The molecule has 1 aliphatic heterocycles. The van der Waals surface area contributed by atoms with Crippen molar-refractivity contribution in [3.05, 3.63) is 48.0 Å². The van der Waals surface area contributed by atoms with Crippen LogP contribution in [0.25, 0.3) is 0 Å². The topological polar surface area (TPSA) is 41.1 Å². The van der Waals surface area contributed by atoms with E-state index in [-0.39, 0.29) is 11.9 Å². The summed E-state index contributed by atoms with van der Waals surface area (Å²) >= 11 is 0. The van der Waals surface area contributed by atoms with Gasteiger partial charge in [0.05, 0.1) is 0 Å². The van der Waals surface area contributed by atoms with E-state index in [1.54, 1.807) is 6.08 Å². The maximum Gasteiger partial charge on any atom is 0.222 e. The third-order valence-corrected chi connectivity index (χ3v) is 3.05. The number of hydrogen-bond acceptors (Lipinski definition) is 2. The molecule has 0 bridgehead atoms. The zero-order valence-corrected chi connectivity index (χ0v) is 9.91. The zero-order valence-electron chi connectivity index (χ0n) is 9.91. The molecule has 1 aromatic carbocycles. The first-order chi connectivity index (χ1) is 8.31. The van der Waals surface area contributed by atoms with Gasteiger partial charge < -0.3 is 10.6 Å².